The molecule has 0 radical (unpaired) electrons. The van der Waals surface area contributed by atoms with Crippen molar-refractivity contribution in [2.45, 2.75) is 6.92 Å². The predicted molar refractivity (Wildman–Crippen MR) is 59.9 cm³/mol. The van der Waals surface area contributed by atoms with Crippen LogP contribution in [-0.2, 0) is 0 Å². The zero-order chi connectivity index (χ0) is 11.5. The second kappa shape index (κ2) is 4.01. The molecule has 0 unspecified atom stereocenters. The first-order chi connectivity index (χ1) is 7.66. The number of H-pyrrole nitrogens is 1. The minimum atomic E-state index is -0.317. The zero-order valence-electron chi connectivity index (χ0n) is 8.69. The molecule has 82 valence electrons. The van der Waals surface area contributed by atoms with Gasteiger partial charge in [-0.15, -0.1) is 0 Å². The van der Waals surface area contributed by atoms with Gasteiger partial charge >= 0.3 is 0 Å². The molecule has 0 fully saturated rings. The fraction of sp³-hybridized carbons (Fsp3) is 0.100. The van der Waals surface area contributed by atoms with E-state index in [0.717, 1.165) is 5.56 Å². The Balaban J connectivity index is 2.21. The number of hydrogen-bond acceptors (Lipinski definition) is 4. The van der Waals surface area contributed by atoms with Crippen LogP contribution in [0.4, 0.5) is 11.4 Å². The molecule has 0 spiro atoms. The van der Waals surface area contributed by atoms with Gasteiger partial charge in [0, 0.05) is 11.4 Å². The normalized spacial score (nSPS) is 10.1. The molecule has 0 bridgehead atoms. The number of anilines is 2. The van der Waals surface area contributed by atoms with Crippen LogP contribution in [0.5, 0.6) is 0 Å². The standard InChI is InChI=1S/C10H11N5O/c1-6-2-3-7(11)4-8(6)13-10(16)9-5-12-15-14-9/h2-5H,11H2,1H3,(H,13,16)(H,12,14,15). The molecule has 16 heavy (non-hydrogen) atoms. The maximum absolute atomic E-state index is 11.7. The van der Waals surface area contributed by atoms with Crippen molar-refractivity contribution in [1.29, 1.82) is 0 Å². The van der Waals surface area contributed by atoms with Crippen LogP contribution in [0, 0.1) is 6.92 Å². The van der Waals surface area contributed by atoms with Gasteiger partial charge < -0.3 is 11.1 Å². The lowest BCUT2D eigenvalue weighted by Gasteiger charge is -2.07. The Morgan fingerprint density at radius 1 is 1.50 bits per heavy atom. The van der Waals surface area contributed by atoms with E-state index in [-0.39, 0.29) is 11.6 Å². The number of rotatable bonds is 2. The van der Waals surface area contributed by atoms with Crippen molar-refractivity contribution in [3.05, 3.63) is 35.7 Å². The molecule has 6 heteroatoms. The first-order valence-corrected chi connectivity index (χ1v) is 4.70. The zero-order valence-corrected chi connectivity index (χ0v) is 8.69. The third-order valence-corrected chi connectivity index (χ3v) is 2.16. The molecule has 0 aliphatic carbocycles. The average molecular weight is 217 g/mol. The minimum Gasteiger partial charge on any atom is -0.399 e. The number of aryl methyl sites for hydroxylation is 1. The smallest absolute Gasteiger partial charge is 0.277 e. The van der Waals surface area contributed by atoms with Gasteiger partial charge in [-0.25, -0.2) is 0 Å². The number of carbonyl (C=O) groups is 1. The number of amides is 1. The van der Waals surface area contributed by atoms with Crippen molar-refractivity contribution >= 4 is 17.3 Å². The van der Waals surface area contributed by atoms with E-state index >= 15 is 0 Å². The second-order valence-electron chi connectivity index (χ2n) is 3.38. The summed E-state index contributed by atoms with van der Waals surface area (Å²) in [7, 11) is 0. The van der Waals surface area contributed by atoms with Crippen molar-refractivity contribution in [3.63, 3.8) is 0 Å². The van der Waals surface area contributed by atoms with Crippen LogP contribution in [0.1, 0.15) is 16.1 Å². The van der Waals surface area contributed by atoms with Crippen molar-refractivity contribution < 1.29 is 4.79 Å². The SMILES string of the molecule is Cc1ccc(N)cc1NC(=O)c1cn[nH]n1. The van der Waals surface area contributed by atoms with E-state index in [4.69, 9.17) is 5.73 Å². The highest BCUT2D eigenvalue weighted by atomic mass is 16.2. The Morgan fingerprint density at radius 2 is 2.31 bits per heavy atom. The van der Waals surface area contributed by atoms with Crippen molar-refractivity contribution in [3.8, 4) is 0 Å². The summed E-state index contributed by atoms with van der Waals surface area (Å²) in [6.07, 6.45) is 1.36. The molecule has 1 amide bonds. The third-order valence-electron chi connectivity index (χ3n) is 2.16. The molecule has 1 aromatic carbocycles. The lowest BCUT2D eigenvalue weighted by atomic mass is 10.2. The van der Waals surface area contributed by atoms with Crippen LogP contribution < -0.4 is 11.1 Å². The van der Waals surface area contributed by atoms with E-state index in [9.17, 15) is 4.79 Å². The molecule has 1 heterocycles. The summed E-state index contributed by atoms with van der Waals surface area (Å²) in [6.45, 7) is 1.89. The van der Waals surface area contributed by atoms with Crippen molar-refractivity contribution in [1.82, 2.24) is 15.4 Å². The highest BCUT2D eigenvalue weighted by Gasteiger charge is 2.10. The van der Waals surface area contributed by atoms with Crippen LogP contribution in [-0.4, -0.2) is 21.3 Å². The molecular formula is C10H11N5O. The van der Waals surface area contributed by atoms with Crippen molar-refractivity contribution in [2.24, 2.45) is 0 Å². The molecule has 1 aromatic heterocycles. The number of nitrogens with two attached hydrogens (primary N) is 1. The number of nitrogens with one attached hydrogen (secondary N) is 2. The van der Waals surface area contributed by atoms with Gasteiger partial charge in [-0.3, -0.25) is 4.79 Å². The number of carbonyl (C=O) groups excluding carboxylic acids is 1. The number of nitrogens with zero attached hydrogens (tertiary/aromatic N) is 2. The van der Waals surface area contributed by atoms with Gasteiger partial charge in [0.15, 0.2) is 5.69 Å². The van der Waals surface area contributed by atoms with E-state index < -0.39 is 0 Å². The van der Waals surface area contributed by atoms with E-state index in [1.165, 1.54) is 6.20 Å². The van der Waals surface area contributed by atoms with E-state index in [1.807, 2.05) is 13.0 Å². The topological polar surface area (TPSA) is 96.7 Å². The van der Waals surface area contributed by atoms with Crippen LogP contribution in [0.25, 0.3) is 0 Å². The Bertz CT molecular complexity index is 506. The van der Waals surface area contributed by atoms with Gasteiger partial charge in [0.05, 0.1) is 6.20 Å². The fourth-order valence-corrected chi connectivity index (χ4v) is 1.27. The second-order valence-corrected chi connectivity index (χ2v) is 3.38. The summed E-state index contributed by atoms with van der Waals surface area (Å²) in [5.74, 6) is -0.317. The molecule has 0 aliphatic rings. The van der Waals surface area contributed by atoms with Crippen LogP contribution in [0.15, 0.2) is 24.4 Å². The predicted octanol–water partition coefficient (Wildman–Crippen LogP) is 0.948. The molecule has 4 N–H and O–H groups in total. The highest BCUT2D eigenvalue weighted by molar-refractivity contribution is 6.03. The minimum absolute atomic E-state index is 0.238. The monoisotopic (exact) mass is 217 g/mol. The number of aromatic nitrogens is 3. The summed E-state index contributed by atoms with van der Waals surface area (Å²) >= 11 is 0. The molecular weight excluding hydrogens is 206 g/mol. The van der Waals surface area contributed by atoms with Gasteiger partial charge in [0.1, 0.15) is 0 Å². The fourth-order valence-electron chi connectivity index (χ4n) is 1.27. The van der Waals surface area contributed by atoms with Gasteiger partial charge in [-0.05, 0) is 24.6 Å². The molecule has 0 aliphatic heterocycles. The third kappa shape index (κ3) is 2.00. The number of benzene rings is 1. The summed E-state index contributed by atoms with van der Waals surface area (Å²) < 4.78 is 0. The van der Waals surface area contributed by atoms with Gasteiger partial charge in [-0.1, -0.05) is 6.07 Å². The van der Waals surface area contributed by atoms with Crippen LogP contribution in [0.3, 0.4) is 0 Å². The van der Waals surface area contributed by atoms with Crippen molar-refractivity contribution in [2.75, 3.05) is 11.1 Å². The van der Waals surface area contributed by atoms with E-state index in [2.05, 4.69) is 20.7 Å². The summed E-state index contributed by atoms with van der Waals surface area (Å²) in [5.41, 5.74) is 8.08. The Morgan fingerprint density at radius 3 is 3.00 bits per heavy atom. The van der Waals surface area contributed by atoms with Crippen LogP contribution in [0.2, 0.25) is 0 Å². The molecule has 2 aromatic rings. The molecule has 0 saturated heterocycles. The number of aromatic amines is 1. The maximum atomic E-state index is 11.7. The van der Waals surface area contributed by atoms with Crippen LogP contribution >= 0.6 is 0 Å². The molecule has 2 rings (SSSR count). The Hall–Kier alpha value is -2.37. The molecule has 0 atom stereocenters. The summed E-state index contributed by atoms with van der Waals surface area (Å²) in [5, 5.41) is 12.3. The first kappa shape index (κ1) is 10.2. The number of nitrogen functional groups attached to an aromatic ring is 1. The lowest BCUT2D eigenvalue weighted by molar-refractivity contribution is 0.102. The summed E-state index contributed by atoms with van der Waals surface area (Å²) in [6, 6.07) is 5.32. The van der Waals surface area contributed by atoms with Gasteiger partial charge in [0.2, 0.25) is 0 Å². The van der Waals surface area contributed by atoms with E-state index in [1.54, 1.807) is 12.1 Å². The lowest BCUT2D eigenvalue weighted by Crippen LogP contribution is -2.13. The van der Waals surface area contributed by atoms with Gasteiger partial charge in [-0.2, -0.15) is 15.4 Å². The number of hydrogen-bond donors (Lipinski definition) is 3. The molecule has 0 saturated carbocycles. The average Bonchev–Trinajstić information content (AvgIpc) is 2.76. The largest absolute Gasteiger partial charge is 0.399 e. The molecule has 6 nitrogen and oxygen atoms in total. The van der Waals surface area contributed by atoms with E-state index in [0.29, 0.717) is 11.4 Å². The Labute approximate surface area is 91.9 Å². The first-order valence-electron chi connectivity index (χ1n) is 4.70. The maximum Gasteiger partial charge on any atom is 0.277 e. The summed E-state index contributed by atoms with van der Waals surface area (Å²) in [4.78, 5) is 11.7. The van der Waals surface area contributed by atoms with Gasteiger partial charge in [0.25, 0.3) is 5.91 Å². The Kier molecular flexibility index (Phi) is 2.55. The highest BCUT2D eigenvalue weighted by Crippen LogP contribution is 2.18. The quantitative estimate of drug-likeness (QED) is 0.652.